The summed E-state index contributed by atoms with van der Waals surface area (Å²) < 4.78 is 7.85. The third-order valence-corrected chi connectivity index (χ3v) is 5.60. The van der Waals surface area contributed by atoms with E-state index in [1.807, 2.05) is 35.0 Å². The number of carbonyl (C=O) groups is 1. The highest BCUT2D eigenvalue weighted by molar-refractivity contribution is 5.90. The first-order valence-corrected chi connectivity index (χ1v) is 10.4. The van der Waals surface area contributed by atoms with Gasteiger partial charge in [0.25, 0.3) is 5.91 Å². The van der Waals surface area contributed by atoms with Crippen molar-refractivity contribution in [3.63, 3.8) is 0 Å². The molecule has 0 bridgehead atoms. The van der Waals surface area contributed by atoms with Crippen LogP contribution in [0.4, 0.5) is 0 Å². The van der Waals surface area contributed by atoms with E-state index in [2.05, 4.69) is 36.2 Å². The molecule has 2 atom stereocenters. The maximum atomic E-state index is 12.8. The minimum atomic E-state index is -0.199. The van der Waals surface area contributed by atoms with Gasteiger partial charge in [0.15, 0.2) is 0 Å². The molecule has 1 amide bonds. The fourth-order valence-corrected chi connectivity index (χ4v) is 4.10. The normalized spacial score (nSPS) is 22.8. The molecule has 1 aromatic carbocycles. The van der Waals surface area contributed by atoms with Crippen molar-refractivity contribution in [1.29, 1.82) is 0 Å². The van der Waals surface area contributed by atoms with Gasteiger partial charge in [-0.2, -0.15) is 0 Å². The molecule has 1 saturated carbocycles. The maximum Gasteiger partial charge on any atom is 0.290 e. The van der Waals surface area contributed by atoms with E-state index in [0.717, 1.165) is 43.8 Å². The lowest BCUT2D eigenvalue weighted by Crippen LogP contribution is -2.45. The SMILES string of the molecule is CC(C)(C)C1OCCCC1CNC(=O)c1nc(C2CC2)n(-c2ccccc2)n1. The van der Waals surface area contributed by atoms with Crippen LogP contribution < -0.4 is 5.32 Å². The molecule has 2 heterocycles. The Morgan fingerprint density at radius 3 is 2.64 bits per heavy atom. The molecule has 1 N–H and O–H groups in total. The number of aromatic nitrogens is 3. The van der Waals surface area contributed by atoms with E-state index in [4.69, 9.17) is 4.74 Å². The first-order valence-electron chi connectivity index (χ1n) is 10.4. The van der Waals surface area contributed by atoms with Gasteiger partial charge in [0, 0.05) is 25.0 Å². The highest BCUT2D eigenvalue weighted by atomic mass is 16.5. The van der Waals surface area contributed by atoms with E-state index >= 15 is 0 Å². The van der Waals surface area contributed by atoms with Gasteiger partial charge < -0.3 is 10.1 Å². The van der Waals surface area contributed by atoms with Gasteiger partial charge in [0.2, 0.25) is 5.82 Å². The minimum absolute atomic E-state index is 0.0576. The van der Waals surface area contributed by atoms with Gasteiger partial charge in [-0.1, -0.05) is 39.0 Å². The standard InChI is InChI=1S/C22H30N4O2/c1-22(2,3)18-16(8-7-13-28-18)14-23-21(27)19-24-20(15-11-12-15)26(25-19)17-9-5-4-6-10-17/h4-6,9-10,15-16,18H,7-8,11-14H2,1-3H3,(H,23,27). The van der Waals surface area contributed by atoms with Crippen LogP contribution in [0.15, 0.2) is 30.3 Å². The summed E-state index contributed by atoms with van der Waals surface area (Å²) in [6, 6.07) is 9.92. The molecule has 2 aliphatic rings. The van der Waals surface area contributed by atoms with Crippen molar-refractivity contribution >= 4 is 5.91 Å². The molecule has 0 spiro atoms. The molecular weight excluding hydrogens is 352 g/mol. The van der Waals surface area contributed by atoms with Crippen LogP contribution in [0.2, 0.25) is 0 Å². The summed E-state index contributed by atoms with van der Waals surface area (Å²) in [7, 11) is 0. The summed E-state index contributed by atoms with van der Waals surface area (Å²) in [5.41, 5.74) is 1.01. The third kappa shape index (κ3) is 4.12. The molecule has 2 aromatic rings. The lowest BCUT2D eigenvalue weighted by Gasteiger charge is -2.40. The Morgan fingerprint density at radius 2 is 1.96 bits per heavy atom. The molecule has 6 nitrogen and oxygen atoms in total. The second-order valence-corrected chi connectivity index (χ2v) is 9.08. The Balaban J connectivity index is 1.48. The quantitative estimate of drug-likeness (QED) is 0.856. The molecule has 4 rings (SSSR count). The van der Waals surface area contributed by atoms with Crippen LogP contribution in [-0.4, -0.2) is 39.9 Å². The Labute approximate surface area is 166 Å². The van der Waals surface area contributed by atoms with E-state index in [1.165, 1.54) is 0 Å². The van der Waals surface area contributed by atoms with Gasteiger partial charge in [0.05, 0.1) is 11.8 Å². The van der Waals surface area contributed by atoms with Crippen LogP contribution in [0.25, 0.3) is 5.69 Å². The number of hydrogen-bond acceptors (Lipinski definition) is 4. The van der Waals surface area contributed by atoms with Crippen LogP contribution >= 0.6 is 0 Å². The molecule has 1 aliphatic heterocycles. The van der Waals surface area contributed by atoms with Crippen LogP contribution in [0.5, 0.6) is 0 Å². The Kier molecular flexibility index (Phi) is 5.23. The van der Waals surface area contributed by atoms with E-state index in [-0.39, 0.29) is 23.3 Å². The number of rotatable bonds is 5. The fraction of sp³-hybridized carbons (Fsp3) is 0.591. The van der Waals surface area contributed by atoms with Crippen molar-refractivity contribution in [2.24, 2.45) is 11.3 Å². The number of ether oxygens (including phenoxy) is 1. The molecule has 1 saturated heterocycles. The molecule has 2 unspecified atom stereocenters. The Bertz CT molecular complexity index is 821. The predicted octanol–water partition coefficient (Wildman–Crippen LogP) is 3.72. The van der Waals surface area contributed by atoms with Gasteiger partial charge in [-0.05, 0) is 43.2 Å². The highest BCUT2D eigenvalue weighted by Crippen LogP contribution is 2.39. The third-order valence-electron chi connectivity index (χ3n) is 5.60. The largest absolute Gasteiger partial charge is 0.377 e. The zero-order chi connectivity index (χ0) is 19.7. The molecular formula is C22H30N4O2. The first-order chi connectivity index (χ1) is 13.4. The van der Waals surface area contributed by atoms with E-state index in [9.17, 15) is 4.79 Å². The van der Waals surface area contributed by atoms with Gasteiger partial charge in [-0.3, -0.25) is 4.79 Å². The summed E-state index contributed by atoms with van der Waals surface area (Å²) in [5.74, 6) is 1.68. The monoisotopic (exact) mass is 382 g/mol. The van der Waals surface area contributed by atoms with Gasteiger partial charge in [-0.25, -0.2) is 9.67 Å². The number of hydrogen-bond donors (Lipinski definition) is 1. The number of carbonyl (C=O) groups excluding carboxylic acids is 1. The van der Waals surface area contributed by atoms with Gasteiger partial charge in [0.1, 0.15) is 5.82 Å². The first kappa shape index (κ1) is 19.1. The fourth-order valence-electron chi connectivity index (χ4n) is 4.10. The van der Waals surface area contributed by atoms with Gasteiger partial charge in [-0.15, -0.1) is 5.10 Å². The van der Waals surface area contributed by atoms with Crippen molar-refractivity contribution < 1.29 is 9.53 Å². The zero-order valence-corrected chi connectivity index (χ0v) is 17.0. The summed E-state index contributed by atoms with van der Waals surface area (Å²) in [6.45, 7) is 7.99. The maximum absolute atomic E-state index is 12.8. The molecule has 150 valence electrons. The topological polar surface area (TPSA) is 69.0 Å². The molecule has 6 heteroatoms. The summed E-state index contributed by atoms with van der Waals surface area (Å²) in [6.07, 6.45) is 4.48. The minimum Gasteiger partial charge on any atom is -0.377 e. The summed E-state index contributed by atoms with van der Waals surface area (Å²) in [4.78, 5) is 17.4. The second kappa shape index (κ2) is 7.66. The molecule has 0 radical (unpaired) electrons. The van der Waals surface area contributed by atoms with Crippen molar-refractivity contribution in [1.82, 2.24) is 20.1 Å². The number of amides is 1. The van der Waals surface area contributed by atoms with Crippen molar-refractivity contribution in [3.8, 4) is 5.69 Å². The number of para-hydroxylation sites is 1. The molecule has 1 aliphatic carbocycles. The molecule has 28 heavy (non-hydrogen) atoms. The molecule has 1 aromatic heterocycles. The van der Waals surface area contributed by atoms with E-state index in [1.54, 1.807) is 0 Å². The highest BCUT2D eigenvalue weighted by Gasteiger charge is 2.36. The van der Waals surface area contributed by atoms with Crippen LogP contribution in [0.1, 0.15) is 68.8 Å². The molecule has 2 fully saturated rings. The van der Waals surface area contributed by atoms with Gasteiger partial charge >= 0.3 is 0 Å². The zero-order valence-electron chi connectivity index (χ0n) is 17.0. The van der Waals surface area contributed by atoms with Crippen LogP contribution in [0.3, 0.4) is 0 Å². The Morgan fingerprint density at radius 1 is 1.21 bits per heavy atom. The van der Waals surface area contributed by atoms with Crippen LogP contribution in [-0.2, 0) is 4.74 Å². The summed E-state index contributed by atoms with van der Waals surface area (Å²) in [5, 5.41) is 7.60. The van der Waals surface area contributed by atoms with Crippen molar-refractivity contribution in [3.05, 3.63) is 42.0 Å². The van der Waals surface area contributed by atoms with Crippen molar-refractivity contribution in [2.45, 2.75) is 58.5 Å². The average Bonchev–Trinajstić information content (AvgIpc) is 3.44. The van der Waals surface area contributed by atoms with Crippen LogP contribution in [0, 0.1) is 11.3 Å². The number of nitrogens with one attached hydrogen (secondary N) is 1. The lowest BCUT2D eigenvalue weighted by atomic mass is 9.78. The van der Waals surface area contributed by atoms with Crippen molar-refractivity contribution in [2.75, 3.05) is 13.2 Å². The number of nitrogens with zero attached hydrogens (tertiary/aromatic N) is 3. The second-order valence-electron chi connectivity index (χ2n) is 9.08. The van der Waals surface area contributed by atoms with E-state index in [0.29, 0.717) is 18.4 Å². The summed E-state index contributed by atoms with van der Waals surface area (Å²) >= 11 is 0. The predicted molar refractivity (Wildman–Crippen MR) is 108 cm³/mol. The smallest absolute Gasteiger partial charge is 0.290 e. The average molecular weight is 383 g/mol. The Hall–Kier alpha value is -2.21. The lowest BCUT2D eigenvalue weighted by molar-refractivity contribution is -0.0839. The number of benzene rings is 1. The van der Waals surface area contributed by atoms with E-state index < -0.39 is 0 Å².